The Kier molecular flexibility index (Phi) is 5.74. The number of benzene rings is 1. The first-order valence-electron chi connectivity index (χ1n) is 8.18. The minimum atomic E-state index is -0.683. The summed E-state index contributed by atoms with van der Waals surface area (Å²) in [5, 5.41) is 0.884. The summed E-state index contributed by atoms with van der Waals surface area (Å²) in [5.74, 6) is 0.431. The van der Waals surface area contributed by atoms with Gasteiger partial charge in [-0.1, -0.05) is 23.2 Å². The lowest BCUT2D eigenvalue weighted by Gasteiger charge is -2.35. The molecular weight excluding hydrogens is 379 g/mol. The van der Waals surface area contributed by atoms with Gasteiger partial charge in [0.2, 0.25) is 0 Å². The maximum Gasteiger partial charge on any atom is 0.289 e. The highest BCUT2D eigenvalue weighted by Gasteiger charge is 2.29. The van der Waals surface area contributed by atoms with Gasteiger partial charge in [0.1, 0.15) is 5.75 Å². The number of amides is 2. The summed E-state index contributed by atoms with van der Waals surface area (Å²) in [6.45, 7) is 3.45. The average Bonchev–Trinajstić information content (AvgIpc) is 3.14. The number of carbonyl (C=O) groups excluding carboxylic acids is 2. The zero-order chi connectivity index (χ0) is 18.7. The first-order valence-corrected chi connectivity index (χ1v) is 8.94. The molecule has 1 saturated heterocycles. The highest BCUT2D eigenvalue weighted by Crippen LogP contribution is 2.25. The Morgan fingerprint density at radius 1 is 1.08 bits per heavy atom. The zero-order valence-corrected chi connectivity index (χ0v) is 15.7. The Morgan fingerprint density at radius 3 is 2.27 bits per heavy atom. The van der Waals surface area contributed by atoms with Crippen LogP contribution in [0.1, 0.15) is 17.5 Å². The molecule has 0 N–H and O–H groups in total. The second kappa shape index (κ2) is 8.01. The second-order valence-electron chi connectivity index (χ2n) is 5.96. The highest BCUT2D eigenvalue weighted by atomic mass is 35.5. The number of ether oxygens (including phenoxy) is 1. The van der Waals surface area contributed by atoms with Gasteiger partial charge in [-0.2, -0.15) is 0 Å². The molecule has 0 aliphatic carbocycles. The van der Waals surface area contributed by atoms with Gasteiger partial charge >= 0.3 is 0 Å². The smallest absolute Gasteiger partial charge is 0.289 e. The monoisotopic (exact) mass is 396 g/mol. The van der Waals surface area contributed by atoms with Crippen LogP contribution in [0.25, 0.3) is 0 Å². The zero-order valence-electron chi connectivity index (χ0n) is 14.2. The van der Waals surface area contributed by atoms with Crippen molar-refractivity contribution >= 4 is 35.0 Å². The molecule has 1 atom stereocenters. The molecule has 6 nitrogen and oxygen atoms in total. The Bertz CT molecular complexity index is 766. The third-order valence-corrected chi connectivity index (χ3v) is 4.54. The predicted molar refractivity (Wildman–Crippen MR) is 97.7 cm³/mol. The van der Waals surface area contributed by atoms with E-state index in [9.17, 15) is 9.59 Å². The number of hydrogen-bond donors (Lipinski definition) is 0. The third-order valence-electron chi connectivity index (χ3n) is 4.11. The lowest BCUT2D eigenvalue weighted by molar-refractivity contribution is -0.139. The highest BCUT2D eigenvalue weighted by molar-refractivity contribution is 6.34. The fourth-order valence-electron chi connectivity index (χ4n) is 2.79. The van der Waals surface area contributed by atoms with Gasteiger partial charge in [-0.25, -0.2) is 0 Å². The molecule has 0 saturated carbocycles. The Hall–Kier alpha value is -2.18. The number of piperazine rings is 1. The molecule has 1 aliphatic heterocycles. The van der Waals surface area contributed by atoms with Crippen molar-refractivity contribution in [3.8, 4) is 5.75 Å². The molecule has 2 heterocycles. The molecule has 138 valence electrons. The summed E-state index contributed by atoms with van der Waals surface area (Å²) in [7, 11) is 0. The maximum absolute atomic E-state index is 12.6. The lowest BCUT2D eigenvalue weighted by Crippen LogP contribution is -2.53. The van der Waals surface area contributed by atoms with E-state index >= 15 is 0 Å². The summed E-state index contributed by atoms with van der Waals surface area (Å²) in [5.41, 5.74) is 0. The molecular formula is C18H18Cl2N2O4. The summed E-state index contributed by atoms with van der Waals surface area (Å²) in [6.07, 6.45) is 0.783. The number of rotatable bonds is 4. The van der Waals surface area contributed by atoms with E-state index in [0.29, 0.717) is 47.7 Å². The molecule has 1 unspecified atom stereocenters. The molecule has 26 heavy (non-hydrogen) atoms. The van der Waals surface area contributed by atoms with Crippen LogP contribution in [0.4, 0.5) is 0 Å². The van der Waals surface area contributed by atoms with Crippen molar-refractivity contribution in [2.45, 2.75) is 13.0 Å². The molecule has 1 fully saturated rings. The van der Waals surface area contributed by atoms with Gasteiger partial charge in [0.25, 0.3) is 11.8 Å². The maximum atomic E-state index is 12.6. The first kappa shape index (κ1) is 18.6. The van der Waals surface area contributed by atoms with Crippen LogP contribution in [0.15, 0.2) is 41.0 Å². The van der Waals surface area contributed by atoms with Gasteiger partial charge in [-0.05, 0) is 37.3 Å². The van der Waals surface area contributed by atoms with Gasteiger partial charge in [0.05, 0.1) is 6.26 Å². The molecule has 0 radical (unpaired) electrons. The van der Waals surface area contributed by atoms with Gasteiger partial charge in [-0.15, -0.1) is 0 Å². The topological polar surface area (TPSA) is 63.0 Å². The molecule has 8 heteroatoms. The fourth-order valence-corrected chi connectivity index (χ4v) is 3.30. The van der Waals surface area contributed by atoms with Crippen molar-refractivity contribution in [1.82, 2.24) is 9.80 Å². The molecule has 0 bridgehead atoms. The van der Waals surface area contributed by atoms with Gasteiger partial charge in [0, 0.05) is 36.2 Å². The van der Waals surface area contributed by atoms with Gasteiger partial charge < -0.3 is 19.0 Å². The van der Waals surface area contributed by atoms with Crippen LogP contribution in [-0.4, -0.2) is 53.9 Å². The van der Waals surface area contributed by atoms with Gasteiger partial charge in [-0.3, -0.25) is 9.59 Å². The number of nitrogens with zero attached hydrogens (tertiary/aromatic N) is 2. The van der Waals surface area contributed by atoms with E-state index in [2.05, 4.69) is 0 Å². The summed E-state index contributed by atoms with van der Waals surface area (Å²) < 4.78 is 10.8. The molecule has 3 rings (SSSR count). The first-order chi connectivity index (χ1) is 12.4. The molecule has 2 aromatic rings. The van der Waals surface area contributed by atoms with Crippen molar-refractivity contribution in [3.63, 3.8) is 0 Å². The third kappa shape index (κ3) is 4.31. The number of carbonyl (C=O) groups is 2. The van der Waals surface area contributed by atoms with Crippen LogP contribution in [0.3, 0.4) is 0 Å². The molecule has 1 aromatic heterocycles. The van der Waals surface area contributed by atoms with Crippen LogP contribution in [-0.2, 0) is 4.79 Å². The lowest BCUT2D eigenvalue weighted by atomic mass is 10.2. The van der Waals surface area contributed by atoms with Crippen molar-refractivity contribution < 1.29 is 18.7 Å². The largest absolute Gasteiger partial charge is 0.481 e. The van der Waals surface area contributed by atoms with Crippen molar-refractivity contribution in [2.24, 2.45) is 0 Å². The van der Waals surface area contributed by atoms with Crippen LogP contribution >= 0.6 is 23.2 Å². The van der Waals surface area contributed by atoms with E-state index < -0.39 is 6.10 Å². The van der Waals surface area contributed by atoms with E-state index in [1.54, 1.807) is 47.1 Å². The standard InChI is InChI=1S/C18H18Cl2N2O4/c1-12(26-15-10-13(19)9-14(20)11-15)17(23)21-4-6-22(7-5-21)18(24)16-3-2-8-25-16/h2-3,8-12H,4-7H2,1H3. The molecule has 0 spiro atoms. The summed E-state index contributed by atoms with van der Waals surface area (Å²) in [4.78, 5) is 28.2. The second-order valence-corrected chi connectivity index (χ2v) is 6.83. The molecule has 2 amide bonds. The van der Waals surface area contributed by atoms with E-state index in [0.717, 1.165) is 0 Å². The minimum Gasteiger partial charge on any atom is -0.481 e. The fraction of sp³-hybridized carbons (Fsp3) is 0.333. The van der Waals surface area contributed by atoms with E-state index in [1.165, 1.54) is 6.26 Å². The van der Waals surface area contributed by atoms with Crippen LogP contribution in [0, 0.1) is 0 Å². The van der Waals surface area contributed by atoms with Crippen molar-refractivity contribution in [2.75, 3.05) is 26.2 Å². The average molecular weight is 397 g/mol. The Balaban J connectivity index is 1.55. The van der Waals surface area contributed by atoms with Crippen LogP contribution in [0.5, 0.6) is 5.75 Å². The Labute approximate surface area is 161 Å². The van der Waals surface area contributed by atoms with Crippen LogP contribution in [0.2, 0.25) is 10.0 Å². The van der Waals surface area contributed by atoms with E-state index in [-0.39, 0.29) is 11.8 Å². The minimum absolute atomic E-state index is 0.147. The van der Waals surface area contributed by atoms with Crippen molar-refractivity contribution in [3.05, 3.63) is 52.4 Å². The number of furan rings is 1. The van der Waals surface area contributed by atoms with Crippen LogP contribution < -0.4 is 4.74 Å². The summed E-state index contributed by atoms with van der Waals surface area (Å²) in [6, 6.07) is 8.12. The van der Waals surface area contributed by atoms with E-state index in [1.807, 2.05) is 0 Å². The normalized spacial score (nSPS) is 15.7. The summed E-state index contributed by atoms with van der Waals surface area (Å²) >= 11 is 11.9. The predicted octanol–water partition coefficient (Wildman–Crippen LogP) is 3.34. The van der Waals surface area contributed by atoms with Gasteiger partial charge in [0.15, 0.2) is 11.9 Å². The van der Waals surface area contributed by atoms with E-state index in [4.69, 9.17) is 32.4 Å². The van der Waals surface area contributed by atoms with Crippen molar-refractivity contribution in [1.29, 1.82) is 0 Å². The number of hydrogen-bond acceptors (Lipinski definition) is 4. The molecule has 1 aliphatic rings. The SMILES string of the molecule is CC(Oc1cc(Cl)cc(Cl)c1)C(=O)N1CCN(C(=O)c2ccco2)CC1. The quantitative estimate of drug-likeness (QED) is 0.794. The Morgan fingerprint density at radius 2 is 1.69 bits per heavy atom. The molecule has 1 aromatic carbocycles. The number of halogens is 2.